The highest BCUT2D eigenvalue weighted by Crippen LogP contribution is 2.28. The molecule has 1 amide bonds. The molecule has 0 bridgehead atoms. The third-order valence-electron chi connectivity index (χ3n) is 3.71. The minimum Gasteiger partial charge on any atom is -0.497 e. The Hall–Kier alpha value is -3.46. The summed E-state index contributed by atoms with van der Waals surface area (Å²) in [5.41, 5.74) is 1.72. The molecular weight excluding hydrogens is 370 g/mol. The van der Waals surface area contributed by atoms with Crippen LogP contribution in [-0.2, 0) is 0 Å². The zero-order valence-electron chi connectivity index (χ0n) is 14.5. The number of ether oxygens (including phenoxy) is 2. The van der Waals surface area contributed by atoms with Crippen molar-refractivity contribution in [3.05, 3.63) is 63.5 Å². The average molecular weight is 385 g/mol. The van der Waals surface area contributed by atoms with Gasteiger partial charge in [-0.25, -0.2) is 4.98 Å². The maximum absolute atomic E-state index is 12.5. The van der Waals surface area contributed by atoms with Gasteiger partial charge in [-0.15, -0.1) is 11.3 Å². The number of hydrogen-bond donors (Lipinski definition) is 1. The van der Waals surface area contributed by atoms with E-state index in [0.29, 0.717) is 27.9 Å². The highest BCUT2D eigenvalue weighted by molar-refractivity contribution is 7.14. The van der Waals surface area contributed by atoms with Gasteiger partial charge >= 0.3 is 0 Å². The van der Waals surface area contributed by atoms with Gasteiger partial charge in [-0.3, -0.25) is 20.2 Å². The molecule has 1 aromatic heterocycles. The highest BCUT2D eigenvalue weighted by atomic mass is 32.1. The highest BCUT2D eigenvalue weighted by Gasteiger charge is 2.13. The first-order chi connectivity index (χ1) is 13.0. The summed E-state index contributed by atoms with van der Waals surface area (Å²) >= 11 is 1.26. The molecule has 3 rings (SSSR count). The van der Waals surface area contributed by atoms with E-state index in [1.54, 1.807) is 35.7 Å². The third-order valence-corrected chi connectivity index (χ3v) is 4.47. The van der Waals surface area contributed by atoms with Crippen molar-refractivity contribution in [3.63, 3.8) is 0 Å². The summed E-state index contributed by atoms with van der Waals surface area (Å²) in [6.07, 6.45) is 0. The fraction of sp³-hybridized carbons (Fsp3) is 0.111. The lowest BCUT2D eigenvalue weighted by Crippen LogP contribution is -2.12. The molecule has 27 heavy (non-hydrogen) atoms. The van der Waals surface area contributed by atoms with Gasteiger partial charge in [0.25, 0.3) is 11.6 Å². The first-order valence-electron chi connectivity index (χ1n) is 7.75. The Bertz CT molecular complexity index is 963. The van der Waals surface area contributed by atoms with E-state index in [-0.39, 0.29) is 11.6 Å². The number of nitrogens with one attached hydrogen (secondary N) is 1. The van der Waals surface area contributed by atoms with Crippen LogP contribution in [0.5, 0.6) is 11.5 Å². The number of nitro groups is 1. The predicted octanol–water partition coefficient (Wildman–Crippen LogP) is 3.99. The molecule has 0 unspecified atom stereocenters. The molecule has 0 aliphatic heterocycles. The van der Waals surface area contributed by atoms with Gasteiger partial charge in [0.2, 0.25) is 0 Å². The monoisotopic (exact) mass is 385 g/mol. The second-order valence-corrected chi connectivity index (χ2v) is 6.26. The zero-order chi connectivity index (χ0) is 19.4. The van der Waals surface area contributed by atoms with Crippen LogP contribution < -0.4 is 14.8 Å². The zero-order valence-corrected chi connectivity index (χ0v) is 15.3. The summed E-state index contributed by atoms with van der Waals surface area (Å²) in [7, 11) is 3.02. The molecule has 1 heterocycles. The molecule has 0 saturated carbocycles. The SMILES string of the molecule is COc1cc(OC)cc(C(=O)Nc2nc(-c3ccc([N+](=O)[O-])cc3)cs2)c1. The fourth-order valence-corrected chi connectivity index (χ4v) is 3.04. The Labute approximate surface area is 158 Å². The Kier molecular flexibility index (Phi) is 5.32. The number of aromatic nitrogens is 1. The van der Waals surface area contributed by atoms with Crippen molar-refractivity contribution in [2.75, 3.05) is 19.5 Å². The molecule has 0 spiro atoms. The number of rotatable bonds is 6. The molecule has 0 saturated heterocycles. The first kappa shape index (κ1) is 18.3. The van der Waals surface area contributed by atoms with Crippen molar-refractivity contribution < 1.29 is 19.2 Å². The van der Waals surface area contributed by atoms with Gasteiger partial charge < -0.3 is 9.47 Å². The number of thiazole rings is 1. The van der Waals surface area contributed by atoms with E-state index in [1.165, 1.54) is 37.7 Å². The number of carbonyl (C=O) groups excluding carboxylic acids is 1. The molecule has 0 atom stereocenters. The smallest absolute Gasteiger partial charge is 0.269 e. The van der Waals surface area contributed by atoms with Crippen molar-refractivity contribution >= 4 is 28.1 Å². The van der Waals surface area contributed by atoms with Crippen LogP contribution >= 0.6 is 11.3 Å². The number of amides is 1. The van der Waals surface area contributed by atoms with E-state index < -0.39 is 4.92 Å². The molecule has 2 aromatic carbocycles. The Morgan fingerprint density at radius 2 is 1.74 bits per heavy atom. The van der Waals surface area contributed by atoms with Crippen LogP contribution in [0.25, 0.3) is 11.3 Å². The maximum atomic E-state index is 12.5. The van der Waals surface area contributed by atoms with Gasteiger partial charge in [-0.05, 0) is 24.3 Å². The molecule has 9 heteroatoms. The van der Waals surface area contributed by atoms with E-state index in [0.717, 1.165) is 5.56 Å². The van der Waals surface area contributed by atoms with Crippen LogP contribution in [0, 0.1) is 10.1 Å². The lowest BCUT2D eigenvalue weighted by atomic mass is 10.1. The summed E-state index contributed by atoms with van der Waals surface area (Å²) in [6.45, 7) is 0. The molecule has 0 aliphatic rings. The number of nitro benzene ring substituents is 1. The number of benzene rings is 2. The van der Waals surface area contributed by atoms with Crippen molar-refractivity contribution in [1.82, 2.24) is 4.98 Å². The average Bonchev–Trinajstić information content (AvgIpc) is 3.16. The Morgan fingerprint density at radius 1 is 1.11 bits per heavy atom. The molecule has 3 aromatic rings. The summed E-state index contributed by atoms with van der Waals surface area (Å²) in [6, 6.07) is 10.9. The van der Waals surface area contributed by atoms with E-state index in [9.17, 15) is 14.9 Å². The van der Waals surface area contributed by atoms with Gasteiger partial charge in [0.15, 0.2) is 5.13 Å². The standard InChI is InChI=1S/C18H15N3O5S/c1-25-14-7-12(8-15(9-14)26-2)17(22)20-18-19-16(10-27-18)11-3-5-13(6-4-11)21(23)24/h3-10H,1-2H3,(H,19,20,22). The second-order valence-electron chi connectivity index (χ2n) is 5.40. The van der Waals surface area contributed by atoms with Gasteiger partial charge in [0.1, 0.15) is 11.5 Å². The first-order valence-corrected chi connectivity index (χ1v) is 8.63. The number of carbonyl (C=O) groups is 1. The maximum Gasteiger partial charge on any atom is 0.269 e. The van der Waals surface area contributed by atoms with Crippen molar-refractivity contribution in [2.45, 2.75) is 0 Å². The molecule has 8 nitrogen and oxygen atoms in total. The van der Waals surface area contributed by atoms with Crippen molar-refractivity contribution in [3.8, 4) is 22.8 Å². The number of hydrogen-bond acceptors (Lipinski definition) is 7. The number of nitrogens with zero attached hydrogens (tertiary/aromatic N) is 2. The molecule has 0 aliphatic carbocycles. The normalized spacial score (nSPS) is 10.3. The molecule has 0 fully saturated rings. The van der Waals surface area contributed by atoms with Crippen LogP contribution in [0.1, 0.15) is 10.4 Å². The number of anilines is 1. The van der Waals surface area contributed by atoms with Crippen LogP contribution in [0.4, 0.5) is 10.8 Å². The van der Waals surface area contributed by atoms with E-state index in [2.05, 4.69) is 10.3 Å². The summed E-state index contributed by atoms with van der Waals surface area (Å²) in [5, 5.41) is 15.6. The Balaban J connectivity index is 1.77. The minimum absolute atomic E-state index is 0.00878. The van der Waals surface area contributed by atoms with Crippen LogP contribution in [0.3, 0.4) is 0 Å². The van der Waals surface area contributed by atoms with Gasteiger partial charge in [0.05, 0.1) is 24.8 Å². The predicted molar refractivity (Wildman–Crippen MR) is 102 cm³/mol. The largest absolute Gasteiger partial charge is 0.497 e. The van der Waals surface area contributed by atoms with Crippen molar-refractivity contribution in [1.29, 1.82) is 0 Å². The number of methoxy groups -OCH3 is 2. The fourth-order valence-electron chi connectivity index (χ4n) is 2.33. The van der Waals surface area contributed by atoms with Gasteiger partial charge in [-0.1, -0.05) is 0 Å². The van der Waals surface area contributed by atoms with E-state index in [1.807, 2.05) is 0 Å². The minimum atomic E-state index is -0.459. The topological polar surface area (TPSA) is 104 Å². The van der Waals surface area contributed by atoms with Gasteiger partial charge in [0, 0.05) is 34.7 Å². The van der Waals surface area contributed by atoms with E-state index in [4.69, 9.17) is 9.47 Å². The third kappa shape index (κ3) is 4.21. The molecular formula is C18H15N3O5S. The van der Waals surface area contributed by atoms with Crippen molar-refractivity contribution in [2.24, 2.45) is 0 Å². The summed E-state index contributed by atoms with van der Waals surface area (Å²) < 4.78 is 10.3. The summed E-state index contributed by atoms with van der Waals surface area (Å²) in [4.78, 5) is 27.1. The van der Waals surface area contributed by atoms with Crippen LogP contribution in [0.15, 0.2) is 47.8 Å². The molecule has 1 N–H and O–H groups in total. The van der Waals surface area contributed by atoms with Gasteiger partial charge in [-0.2, -0.15) is 0 Å². The summed E-state index contributed by atoms with van der Waals surface area (Å²) in [5.74, 6) is 0.659. The number of non-ortho nitro benzene ring substituents is 1. The Morgan fingerprint density at radius 3 is 2.30 bits per heavy atom. The lowest BCUT2D eigenvalue weighted by Gasteiger charge is -2.08. The van der Waals surface area contributed by atoms with E-state index >= 15 is 0 Å². The molecule has 0 radical (unpaired) electrons. The quantitative estimate of drug-likeness (QED) is 0.508. The van der Waals surface area contributed by atoms with Crippen LogP contribution in [-0.4, -0.2) is 30.0 Å². The molecule has 138 valence electrons. The van der Waals surface area contributed by atoms with Crippen LogP contribution in [0.2, 0.25) is 0 Å². The second kappa shape index (κ2) is 7.83. The lowest BCUT2D eigenvalue weighted by molar-refractivity contribution is -0.384.